The Morgan fingerprint density at radius 1 is 0.969 bits per heavy atom. The summed E-state index contributed by atoms with van der Waals surface area (Å²) in [5.74, 6) is 1.21. The molecule has 0 aliphatic carbocycles. The van der Waals surface area contributed by atoms with Crippen molar-refractivity contribution in [3.8, 4) is 28.5 Å². The molecule has 0 aliphatic heterocycles. The molecule has 3 aromatic heterocycles. The monoisotopic (exact) mass is 434 g/mol. The van der Waals surface area contributed by atoms with Crippen molar-refractivity contribution in [1.82, 2.24) is 19.5 Å². The van der Waals surface area contributed by atoms with Crippen LogP contribution in [0, 0.1) is 5.95 Å². The van der Waals surface area contributed by atoms with Crippen LogP contribution in [0.1, 0.15) is 11.1 Å². The van der Waals surface area contributed by atoms with Gasteiger partial charge in [0, 0.05) is 49.9 Å². The van der Waals surface area contributed by atoms with E-state index in [1.54, 1.807) is 39.0 Å². The second-order valence-electron chi connectivity index (χ2n) is 7.07. The third-order valence-electron chi connectivity index (χ3n) is 4.99. The lowest BCUT2D eigenvalue weighted by Crippen LogP contribution is -2.06. The average Bonchev–Trinajstić information content (AvgIpc) is 3.33. The third kappa shape index (κ3) is 5.03. The van der Waals surface area contributed by atoms with Gasteiger partial charge < -0.3 is 18.8 Å². The summed E-state index contributed by atoms with van der Waals surface area (Å²) < 4.78 is 32.5. The van der Waals surface area contributed by atoms with Crippen LogP contribution in [0.4, 0.5) is 4.39 Å². The van der Waals surface area contributed by atoms with E-state index < -0.39 is 5.95 Å². The van der Waals surface area contributed by atoms with Crippen LogP contribution in [0.25, 0.3) is 11.1 Å². The van der Waals surface area contributed by atoms with Gasteiger partial charge in [-0.1, -0.05) is 6.07 Å². The van der Waals surface area contributed by atoms with E-state index in [0.29, 0.717) is 42.5 Å². The first kappa shape index (κ1) is 21.3. The largest absolute Gasteiger partial charge is 0.493 e. The number of halogens is 1. The van der Waals surface area contributed by atoms with E-state index in [0.717, 1.165) is 16.7 Å². The Morgan fingerprint density at radius 3 is 2.56 bits per heavy atom. The molecular formula is C24H23FN4O3. The molecule has 0 saturated carbocycles. The lowest BCUT2D eigenvalue weighted by molar-refractivity contribution is 0.297. The Labute approximate surface area is 185 Å². The Balaban J connectivity index is 1.61. The predicted octanol–water partition coefficient (Wildman–Crippen LogP) is 4.17. The fourth-order valence-electron chi connectivity index (χ4n) is 3.38. The molecule has 8 heteroatoms. The average molecular weight is 434 g/mol. The Morgan fingerprint density at radius 2 is 1.88 bits per heavy atom. The smallest absolute Gasteiger partial charge is 0.213 e. The first-order chi connectivity index (χ1) is 15.7. The maximum absolute atomic E-state index is 13.9. The molecule has 0 atom stereocenters. The number of imidazole rings is 1. The topological polar surface area (TPSA) is 71.3 Å². The predicted molar refractivity (Wildman–Crippen MR) is 118 cm³/mol. The van der Waals surface area contributed by atoms with Crippen LogP contribution in [-0.2, 0) is 13.0 Å². The molecular weight excluding hydrogens is 411 g/mol. The Hall–Kier alpha value is -3.94. The molecule has 32 heavy (non-hydrogen) atoms. The van der Waals surface area contributed by atoms with Crippen molar-refractivity contribution in [2.24, 2.45) is 0 Å². The molecule has 1 aromatic carbocycles. The minimum atomic E-state index is -0.540. The number of hydrogen-bond donors (Lipinski definition) is 0. The number of ether oxygens (including phenoxy) is 3. The van der Waals surface area contributed by atoms with Crippen LogP contribution in [0.5, 0.6) is 17.4 Å². The number of hydrogen-bond acceptors (Lipinski definition) is 6. The minimum absolute atomic E-state index is 0.426. The van der Waals surface area contributed by atoms with Gasteiger partial charge in [-0.05, 0) is 40.5 Å². The zero-order valence-corrected chi connectivity index (χ0v) is 17.9. The van der Waals surface area contributed by atoms with E-state index in [4.69, 9.17) is 14.2 Å². The van der Waals surface area contributed by atoms with Gasteiger partial charge in [0.15, 0.2) is 11.5 Å². The van der Waals surface area contributed by atoms with Gasteiger partial charge in [-0.15, -0.1) is 0 Å². The van der Waals surface area contributed by atoms with Crippen molar-refractivity contribution in [2.75, 3.05) is 20.8 Å². The second-order valence-corrected chi connectivity index (χ2v) is 7.07. The quantitative estimate of drug-likeness (QED) is 0.368. The molecule has 0 amide bonds. The van der Waals surface area contributed by atoms with Gasteiger partial charge in [0.1, 0.15) is 0 Å². The fourth-order valence-corrected chi connectivity index (χ4v) is 3.38. The molecule has 0 fully saturated rings. The number of methoxy groups -OCH3 is 2. The van der Waals surface area contributed by atoms with E-state index in [1.165, 1.54) is 12.3 Å². The van der Waals surface area contributed by atoms with Crippen molar-refractivity contribution < 1.29 is 18.6 Å². The van der Waals surface area contributed by atoms with Gasteiger partial charge in [0.05, 0.1) is 27.2 Å². The highest BCUT2D eigenvalue weighted by molar-refractivity contribution is 5.71. The molecule has 0 saturated heterocycles. The van der Waals surface area contributed by atoms with Crippen molar-refractivity contribution >= 4 is 0 Å². The summed E-state index contributed by atoms with van der Waals surface area (Å²) >= 11 is 0. The fraction of sp³-hybridized carbons (Fsp3) is 0.208. The highest BCUT2D eigenvalue weighted by Gasteiger charge is 2.15. The van der Waals surface area contributed by atoms with Gasteiger partial charge in [-0.3, -0.25) is 0 Å². The lowest BCUT2D eigenvalue weighted by Gasteiger charge is -2.17. The summed E-state index contributed by atoms with van der Waals surface area (Å²) in [4.78, 5) is 12.0. The van der Waals surface area contributed by atoms with E-state index in [1.807, 2.05) is 35.0 Å². The van der Waals surface area contributed by atoms with Crippen molar-refractivity contribution in [3.05, 3.63) is 84.6 Å². The van der Waals surface area contributed by atoms with Crippen LogP contribution in [0.3, 0.4) is 0 Å². The van der Waals surface area contributed by atoms with E-state index >= 15 is 0 Å². The number of pyridine rings is 2. The van der Waals surface area contributed by atoms with Crippen molar-refractivity contribution in [1.29, 1.82) is 0 Å². The van der Waals surface area contributed by atoms with Crippen molar-refractivity contribution in [2.45, 2.75) is 13.0 Å². The molecule has 7 nitrogen and oxygen atoms in total. The second kappa shape index (κ2) is 9.91. The van der Waals surface area contributed by atoms with Crippen LogP contribution < -0.4 is 14.2 Å². The summed E-state index contributed by atoms with van der Waals surface area (Å²) in [5, 5.41) is 0. The molecule has 0 aliphatic rings. The maximum Gasteiger partial charge on any atom is 0.213 e. The van der Waals surface area contributed by atoms with Crippen LogP contribution in [0.15, 0.2) is 67.5 Å². The molecule has 4 aromatic rings. The molecule has 0 radical (unpaired) electrons. The van der Waals surface area contributed by atoms with E-state index in [-0.39, 0.29) is 0 Å². The molecule has 164 valence electrons. The first-order valence-corrected chi connectivity index (χ1v) is 10.1. The van der Waals surface area contributed by atoms with Gasteiger partial charge in [-0.2, -0.15) is 4.39 Å². The summed E-state index contributed by atoms with van der Waals surface area (Å²) in [7, 11) is 3.18. The van der Waals surface area contributed by atoms with Crippen LogP contribution in [-0.4, -0.2) is 40.3 Å². The lowest BCUT2D eigenvalue weighted by atomic mass is 9.99. The minimum Gasteiger partial charge on any atom is -0.493 e. The Bertz CT molecular complexity index is 1160. The zero-order valence-electron chi connectivity index (χ0n) is 17.9. The van der Waals surface area contributed by atoms with Gasteiger partial charge in [0.2, 0.25) is 11.8 Å². The zero-order chi connectivity index (χ0) is 22.3. The summed E-state index contributed by atoms with van der Waals surface area (Å²) in [5.41, 5.74) is 3.51. The first-order valence-electron chi connectivity index (χ1n) is 10.1. The third-order valence-corrected chi connectivity index (χ3v) is 4.99. The highest BCUT2D eigenvalue weighted by atomic mass is 19.1. The maximum atomic E-state index is 13.9. The number of benzene rings is 1. The normalized spacial score (nSPS) is 10.7. The Kier molecular flexibility index (Phi) is 6.60. The van der Waals surface area contributed by atoms with Gasteiger partial charge in [-0.25, -0.2) is 15.0 Å². The number of rotatable bonds is 9. The van der Waals surface area contributed by atoms with Gasteiger partial charge in [0.25, 0.3) is 0 Å². The summed E-state index contributed by atoms with van der Waals surface area (Å²) in [6.45, 7) is 0.975. The summed E-state index contributed by atoms with van der Waals surface area (Å²) in [6, 6.07) is 10.7. The number of nitrogens with zero attached hydrogens (tertiary/aromatic N) is 4. The SMILES string of the molecule is COc1ccc(CCOc2cc(-c3ccnc(F)c3)c(Cn3ccnc3)cc2OC)cn1. The molecule has 0 N–H and O–H groups in total. The molecule has 0 bridgehead atoms. The molecule has 0 spiro atoms. The van der Waals surface area contributed by atoms with Gasteiger partial charge >= 0.3 is 0 Å². The summed E-state index contributed by atoms with van der Waals surface area (Å²) in [6.07, 6.45) is 9.20. The van der Waals surface area contributed by atoms with Crippen LogP contribution in [0.2, 0.25) is 0 Å². The highest BCUT2D eigenvalue weighted by Crippen LogP contribution is 2.36. The molecule has 4 rings (SSSR count). The van der Waals surface area contributed by atoms with Crippen LogP contribution >= 0.6 is 0 Å². The van der Waals surface area contributed by atoms with E-state index in [2.05, 4.69) is 15.0 Å². The standard InChI is InChI=1S/C24H23FN4O3/c1-30-21-11-19(15-29-9-8-26-16-29)20(18-5-7-27-23(25)12-18)13-22(21)32-10-6-17-3-4-24(31-2)28-14-17/h3-5,7-9,11-14,16H,6,10,15H2,1-2H3. The molecule has 0 unspecified atom stereocenters. The molecule has 3 heterocycles. The van der Waals surface area contributed by atoms with Crippen molar-refractivity contribution in [3.63, 3.8) is 0 Å². The van der Waals surface area contributed by atoms with E-state index in [9.17, 15) is 4.39 Å². The number of aromatic nitrogens is 4.